The lowest BCUT2D eigenvalue weighted by Crippen LogP contribution is -2.02. The van der Waals surface area contributed by atoms with Crippen LogP contribution >= 0.6 is 0 Å². The van der Waals surface area contributed by atoms with Gasteiger partial charge in [0.15, 0.2) is 0 Å². The fourth-order valence-electron chi connectivity index (χ4n) is 2.78. The van der Waals surface area contributed by atoms with E-state index in [2.05, 4.69) is 77.1 Å². The normalized spacial score (nSPS) is 12.7. The van der Waals surface area contributed by atoms with Crippen LogP contribution in [0.25, 0.3) is 0 Å². The minimum absolute atomic E-state index is 0.461. The standard InChI is InChI=1S/C19H24/c1-13(2)17-10-11-19(15(4)12-17)16(5)18-9-7-6-8-14(18)3/h6-13,16H,1-5H3. The molecule has 0 fully saturated rings. The molecule has 2 aromatic rings. The van der Waals surface area contributed by atoms with E-state index in [9.17, 15) is 0 Å². The minimum Gasteiger partial charge on any atom is -0.0620 e. The maximum Gasteiger partial charge on any atom is 0.00662 e. The molecule has 19 heavy (non-hydrogen) atoms. The van der Waals surface area contributed by atoms with Gasteiger partial charge in [-0.05, 0) is 47.6 Å². The Morgan fingerprint density at radius 1 is 0.737 bits per heavy atom. The zero-order chi connectivity index (χ0) is 14.0. The molecule has 0 heteroatoms. The fraction of sp³-hybridized carbons (Fsp3) is 0.368. The summed E-state index contributed by atoms with van der Waals surface area (Å²) in [5, 5.41) is 0. The van der Waals surface area contributed by atoms with Crippen molar-refractivity contribution >= 4 is 0 Å². The third-order valence-corrected chi connectivity index (χ3v) is 4.08. The van der Waals surface area contributed by atoms with E-state index in [1.165, 1.54) is 27.8 Å². The van der Waals surface area contributed by atoms with E-state index in [1.807, 2.05) is 0 Å². The molecule has 0 radical (unpaired) electrons. The molecule has 0 aliphatic rings. The average molecular weight is 252 g/mol. The maximum atomic E-state index is 2.34. The molecule has 1 unspecified atom stereocenters. The molecule has 0 aromatic heterocycles. The molecule has 0 N–H and O–H groups in total. The number of rotatable bonds is 3. The summed E-state index contributed by atoms with van der Waals surface area (Å²) in [4.78, 5) is 0. The smallest absolute Gasteiger partial charge is 0.00662 e. The SMILES string of the molecule is Cc1ccccc1C(C)c1ccc(C(C)C)cc1C. The van der Waals surface area contributed by atoms with Gasteiger partial charge in [-0.15, -0.1) is 0 Å². The molecule has 100 valence electrons. The van der Waals surface area contributed by atoms with E-state index >= 15 is 0 Å². The minimum atomic E-state index is 0.461. The van der Waals surface area contributed by atoms with E-state index in [4.69, 9.17) is 0 Å². The monoisotopic (exact) mass is 252 g/mol. The molecular formula is C19H24. The van der Waals surface area contributed by atoms with Gasteiger partial charge in [-0.25, -0.2) is 0 Å². The van der Waals surface area contributed by atoms with Gasteiger partial charge in [-0.2, -0.15) is 0 Å². The van der Waals surface area contributed by atoms with Gasteiger partial charge in [0.05, 0.1) is 0 Å². The highest BCUT2D eigenvalue weighted by molar-refractivity contribution is 5.42. The van der Waals surface area contributed by atoms with Crippen LogP contribution in [0.3, 0.4) is 0 Å². The third kappa shape index (κ3) is 2.89. The number of aryl methyl sites for hydroxylation is 2. The summed E-state index contributed by atoms with van der Waals surface area (Å²) in [6.45, 7) is 11.2. The molecule has 0 aliphatic heterocycles. The van der Waals surface area contributed by atoms with Gasteiger partial charge in [-0.3, -0.25) is 0 Å². The van der Waals surface area contributed by atoms with Crippen molar-refractivity contribution in [3.63, 3.8) is 0 Å². The molecule has 0 amide bonds. The largest absolute Gasteiger partial charge is 0.0620 e. The molecule has 0 saturated carbocycles. The molecule has 0 spiro atoms. The van der Waals surface area contributed by atoms with Gasteiger partial charge in [0.25, 0.3) is 0 Å². The second-order valence-corrected chi connectivity index (χ2v) is 5.85. The number of benzene rings is 2. The van der Waals surface area contributed by atoms with Crippen molar-refractivity contribution in [1.29, 1.82) is 0 Å². The van der Waals surface area contributed by atoms with Crippen LogP contribution in [0.5, 0.6) is 0 Å². The van der Waals surface area contributed by atoms with Gasteiger partial charge >= 0.3 is 0 Å². The van der Waals surface area contributed by atoms with Crippen LogP contribution in [-0.4, -0.2) is 0 Å². The Balaban J connectivity index is 2.40. The molecule has 2 aromatic carbocycles. The molecule has 0 aliphatic carbocycles. The van der Waals surface area contributed by atoms with Crippen molar-refractivity contribution in [2.75, 3.05) is 0 Å². The topological polar surface area (TPSA) is 0 Å². The Labute approximate surface area is 117 Å². The van der Waals surface area contributed by atoms with Gasteiger partial charge < -0.3 is 0 Å². The zero-order valence-corrected chi connectivity index (χ0v) is 12.7. The first-order valence-electron chi connectivity index (χ1n) is 7.16. The first kappa shape index (κ1) is 13.9. The predicted octanol–water partition coefficient (Wildman–Crippen LogP) is 5.58. The summed E-state index contributed by atoms with van der Waals surface area (Å²) >= 11 is 0. The lowest BCUT2D eigenvalue weighted by atomic mass is 9.86. The Kier molecular flexibility index (Phi) is 4.09. The third-order valence-electron chi connectivity index (χ3n) is 4.08. The first-order chi connectivity index (χ1) is 9.00. The maximum absolute atomic E-state index is 2.34. The van der Waals surface area contributed by atoms with E-state index in [0.717, 1.165) is 0 Å². The van der Waals surface area contributed by atoms with E-state index in [1.54, 1.807) is 0 Å². The molecule has 2 rings (SSSR count). The molecule has 1 atom stereocenters. The van der Waals surface area contributed by atoms with Crippen molar-refractivity contribution in [3.8, 4) is 0 Å². The highest BCUT2D eigenvalue weighted by Crippen LogP contribution is 2.30. The fourth-order valence-corrected chi connectivity index (χ4v) is 2.78. The Morgan fingerprint density at radius 3 is 1.95 bits per heavy atom. The number of hydrogen-bond acceptors (Lipinski definition) is 0. The Bertz CT molecular complexity index is 564. The highest BCUT2D eigenvalue weighted by Gasteiger charge is 2.13. The summed E-state index contributed by atoms with van der Waals surface area (Å²) in [6.07, 6.45) is 0. The number of hydrogen-bond donors (Lipinski definition) is 0. The summed E-state index contributed by atoms with van der Waals surface area (Å²) in [6, 6.07) is 15.6. The van der Waals surface area contributed by atoms with Crippen molar-refractivity contribution in [1.82, 2.24) is 0 Å². The molecule has 0 bridgehead atoms. The first-order valence-corrected chi connectivity index (χ1v) is 7.16. The quantitative estimate of drug-likeness (QED) is 0.669. The van der Waals surface area contributed by atoms with Crippen LogP contribution in [0.1, 0.15) is 60.4 Å². The zero-order valence-electron chi connectivity index (χ0n) is 12.7. The Morgan fingerprint density at radius 2 is 1.37 bits per heavy atom. The summed E-state index contributed by atoms with van der Waals surface area (Å²) in [7, 11) is 0. The van der Waals surface area contributed by atoms with Crippen molar-refractivity contribution in [3.05, 3.63) is 70.3 Å². The summed E-state index contributed by atoms with van der Waals surface area (Å²) in [5.41, 5.74) is 7.09. The van der Waals surface area contributed by atoms with Crippen LogP contribution in [0.4, 0.5) is 0 Å². The van der Waals surface area contributed by atoms with Crippen LogP contribution in [0.15, 0.2) is 42.5 Å². The average Bonchev–Trinajstić information content (AvgIpc) is 2.38. The van der Waals surface area contributed by atoms with Crippen LogP contribution in [-0.2, 0) is 0 Å². The van der Waals surface area contributed by atoms with Gasteiger partial charge in [0.2, 0.25) is 0 Å². The van der Waals surface area contributed by atoms with Gasteiger partial charge in [0.1, 0.15) is 0 Å². The van der Waals surface area contributed by atoms with Crippen molar-refractivity contribution in [2.24, 2.45) is 0 Å². The predicted molar refractivity (Wildman–Crippen MR) is 84.0 cm³/mol. The Hall–Kier alpha value is -1.56. The van der Waals surface area contributed by atoms with Crippen LogP contribution < -0.4 is 0 Å². The summed E-state index contributed by atoms with van der Waals surface area (Å²) in [5.74, 6) is 1.06. The summed E-state index contributed by atoms with van der Waals surface area (Å²) < 4.78 is 0. The van der Waals surface area contributed by atoms with Crippen LogP contribution in [0.2, 0.25) is 0 Å². The second kappa shape index (κ2) is 5.61. The van der Waals surface area contributed by atoms with E-state index in [-0.39, 0.29) is 0 Å². The van der Waals surface area contributed by atoms with Crippen molar-refractivity contribution in [2.45, 2.75) is 46.5 Å². The highest BCUT2D eigenvalue weighted by atomic mass is 14.2. The lowest BCUT2D eigenvalue weighted by molar-refractivity contribution is 0.851. The second-order valence-electron chi connectivity index (χ2n) is 5.85. The lowest BCUT2D eigenvalue weighted by Gasteiger charge is -2.19. The molecule has 0 nitrogen and oxygen atoms in total. The van der Waals surface area contributed by atoms with Crippen LogP contribution in [0, 0.1) is 13.8 Å². The van der Waals surface area contributed by atoms with Gasteiger partial charge in [0, 0.05) is 5.92 Å². The van der Waals surface area contributed by atoms with Crippen molar-refractivity contribution < 1.29 is 0 Å². The molecule has 0 saturated heterocycles. The van der Waals surface area contributed by atoms with E-state index < -0.39 is 0 Å². The molecule has 0 heterocycles. The van der Waals surface area contributed by atoms with Gasteiger partial charge in [-0.1, -0.05) is 63.2 Å². The van der Waals surface area contributed by atoms with E-state index in [0.29, 0.717) is 11.8 Å². The molecular weight excluding hydrogens is 228 g/mol.